The number of amides is 1. The highest BCUT2D eigenvalue weighted by atomic mass is 79.9. The second kappa shape index (κ2) is 5.91. The maximum absolute atomic E-state index is 11.6. The van der Waals surface area contributed by atoms with Gasteiger partial charge in [0.05, 0.1) is 17.3 Å². The molecule has 0 aromatic heterocycles. The van der Waals surface area contributed by atoms with E-state index >= 15 is 0 Å². The van der Waals surface area contributed by atoms with Gasteiger partial charge in [-0.1, -0.05) is 11.6 Å². The number of aliphatic hydroxyl groups excluding tert-OH is 1. The second-order valence-corrected chi connectivity index (χ2v) is 5.96. The van der Waals surface area contributed by atoms with Crippen LogP contribution in [-0.2, 0) is 11.3 Å². The molecule has 4 nitrogen and oxygen atoms in total. The highest BCUT2D eigenvalue weighted by Crippen LogP contribution is 2.32. The first-order valence-electron chi connectivity index (χ1n) is 5.31. The molecule has 0 bridgehead atoms. The molecule has 0 aliphatic heterocycles. The lowest BCUT2D eigenvalue weighted by Gasteiger charge is -2.20. The van der Waals surface area contributed by atoms with Crippen molar-refractivity contribution in [3.05, 3.63) is 27.2 Å². The number of nitrogens with one attached hydrogen (secondary N) is 1. The average Bonchev–Trinajstić information content (AvgIpc) is 2.21. The van der Waals surface area contributed by atoms with Crippen molar-refractivity contribution in [2.75, 3.05) is 5.32 Å². The number of carbonyl (C=O) groups excluding carboxylic acids is 1. The largest absolute Gasteiger partial charge is 0.444 e. The molecule has 0 fully saturated rings. The van der Waals surface area contributed by atoms with Crippen LogP contribution >= 0.6 is 27.5 Å². The Morgan fingerprint density at radius 2 is 2.11 bits per heavy atom. The van der Waals surface area contributed by atoms with Crippen LogP contribution in [0.15, 0.2) is 16.6 Å². The minimum atomic E-state index is -0.591. The molecule has 6 heteroatoms. The smallest absolute Gasteiger partial charge is 0.412 e. The highest BCUT2D eigenvalue weighted by Gasteiger charge is 2.18. The van der Waals surface area contributed by atoms with E-state index in [0.717, 1.165) is 0 Å². The molecule has 0 unspecified atom stereocenters. The van der Waals surface area contributed by atoms with E-state index in [9.17, 15) is 4.79 Å². The second-order valence-electron chi connectivity index (χ2n) is 4.72. The van der Waals surface area contributed by atoms with E-state index in [0.29, 0.717) is 20.7 Å². The fourth-order valence-electron chi connectivity index (χ4n) is 1.24. The fraction of sp³-hybridized carbons (Fsp3) is 0.417. The molecule has 0 aliphatic carbocycles. The van der Waals surface area contributed by atoms with E-state index in [1.807, 2.05) is 0 Å². The summed E-state index contributed by atoms with van der Waals surface area (Å²) in [7, 11) is 0. The number of benzene rings is 1. The van der Waals surface area contributed by atoms with Crippen molar-refractivity contribution in [3.63, 3.8) is 0 Å². The number of anilines is 1. The van der Waals surface area contributed by atoms with Crippen molar-refractivity contribution in [2.24, 2.45) is 0 Å². The third-order valence-electron chi connectivity index (χ3n) is 1.91. The van der Waals surface area contributed by atoms with E-state index in [2.05, 4.69) is 21.2 Å². The summed E-state index contributed by atoms with van der Waals surface area (Å²) < 4.78 is 5.72. The van der Waals surface area contributed by atoms with E-state index in [1.54, 1.807) is 32.9 Å². The minimum absolute atomic E-state index is 0.140. The molecule has 0 aliphatic rings. The molecule has 1 aromatic rings. The molecule has 0 saturated heterocycles. The molecule has 0 saturated carbocycles. The molecule has 1 aromatic carbocycles. The van der Waals surface area contributed by atoms with Crippen molar-refractivity contribution < 1.29 is 14.6 Å². The maximum atomic E-state index is 11.6. The van der Waals surface area contributed by atoms with Crippen LogP contribution in [-0.4, -0.2) is 16.8 Å². The number of halogens is 2. The molecule has 1 rings (SSSR count). The molecular formula is C12H15BrClNO3. The monoisotopic (exact) mass is 335 g/mol. The van der Waals surface area contributed by atoms with Gasteiger partial charge in [-0.15, -0.1) is 0 Å². The molecule has 0 spiro atoms. The lowest BCUT2D eigenvalue weighted by atomic mass is 10.2. The number of hydrogen-bond donors (Lipinski definition) is 2. The van der Waals surface area contributed by atoms with E-state index in [4.69, 9.17) is 21.4 Å². The van der Waals surface area contributed by atoms with Crippen molar-refractivity contribution in [1.29, 1.82) is 0 Å². The normalized spacial score (nSPS) is 11.2. The third-order valence-corrected chi connectivity index (χ3v) is 3.17. The number of rotatable bonds is 2. The zero-order valence-electron chi connectivity index (χ0n) is 10.4. The molecule has 1 amide bonds. The van der Waals surface area contributed by atoms with Crippen LogP contribution in [0.1, 0.15) is 26.3 Å². The van der Waals surface area contributed by atoms with Gasteiger partial charge in [0.25, 0.3) is 0 Å². The molecule has 2 N–H and O–H groups in total. The predicted molar refractivity (Wildman–Crippen MR) is 74.9 cm³/mol. The van der Waals surface area contributed by atoms with Crippen LogP contribution in [0.4, 0.5) is 10.5 Å². The van der Waals surface area contributed by atoms with Crippen molar-refractivity contribution in [2.45, 2.75) is 33.0 Å². The Kier molecular flexibility index (Phi) is 5.01. The van der Waals surface area contributed by atoms with E-state index in [1.165, 1.54) is 0 Å². The van der Waals surface area contributed by atoms with Gasteiger partial charge in [0.15, 0.2) is 0 Å². The summed E-state index contributed by atoms with van der Waals surface area (Å²) in [4.78, 5) is 11.6. The van der Waals surface area contributed by atoms with Gasteiger partial charge in [0, 0.05) is 4.47 Å². The van der Waals surface area contributed by atoms with Gasteiger partial charge in [0.2, 0.25) is 0 Å². The zero-order valence-corrected chi connectivity index (χ0v) is 12.7. The number of hydrogen-bond acceptors (Lipinski definition) is 3. The Morgan fingerprint density at radius 1 is 1.50 bits per heavy atom. The van der Waals surface area contributed by atoms with Crippen LogP contribution < -0.4 is 5.32 Å². The Morgan fingerprint density at radius 3 is 2.61 bits per heavy atom. The molecule has 0 radical (unpaired) electrons. The Hall–Kier alpha value is -0.780. The van der Waals surface area contributed by atoms with Crippen molar-refractivity contribution in [1.82, 2.24) is 0 Å². The first kappa shape index (κ1) is 15.3. The number of ether oxygens (including phenoxy) is 1. The van der Waals surface area contributed by atoms with Gasteiger partial charge in [0.1, 0.15) is 5.60 Å². The SMILES string of the molecule is CC(C)(C)OC(=O)Nc1cc(CO)cc(Br)c1Cl. The highest BCUT2D eigenvalue weighted by molar-refractivity contribution is 9.10. The lowest BCUT2D eigenvalue weighted by Crippen LogP contribution is -2.27. The topological polar surface area (TPSA) is 58.6 Å². The van der Waals surface area contributed by atoms with Gasteiger partial charge in [-0.2, -0.15) is 0 Å². The summed E-state index contributed by atoms with van der Waals surface area (Å²) in [5.74, 6) is 0. The summed E-state index contributed by atoms with van der Waals surface area (Å²) in [5, 5.41) is 12.0. The van der Waals surface area contributed by atoms with Crippen LogP contribution in [0.3, 0.4) is 0 Å². The van der Waals surface area contributed by atoms with Crippen molar-refractivity contribution >= 4 is 39.3 Å². The van der Waals surface area contributed by atoms with E-state index in [-0.39, 0.29) is 6.61 Å². The van der Waals surface area contributed by atoms with Gasteiger partial charge in [-0.25, -0.2) is 4.79 Å². The van der Waals surface area contributed by atoms with Gasteiger partial charge in [-0.3, -0.25) is 5.32 Å². The van der Waals surface area contributed by atoms with Gasteiger partial charge in [-0.05, 0) is 54.4 Å². The fourth-order valence-corrected chi connectivity index (χ4v) is 1.90. The van der Waals surface area contributed by atoms with Crippen LogP contribution in [0.25, 0.3) is 0 Å². The standard InChI is InChI=1S/C12H15BrClNO3/c1-12(2,3)18-11(17)15-9-5-7(6-16)4-8(13)10(9)14/h4-5,16H,6H2,1-3H3,(H,15,17). The Balaban J connectivity index is 2.90. The Bertz CT molecular complexity index is 457. The van der Waals surface area contributed by atoms with Gasteiger partial charge < -0.3 is 9.84 Å². The molecular weight excluding hydrogens is 321 g/mol. The third kappa shape index (κ3) is 4.48. The summed E-state index contributed by atoms with van der Waals surface area (Å²) in [5.41, 5.74) is 0.448. The lowest BCUT2D eigenvalue weighted by molar-refractivity contribution is 0.0636. The summed E-state index contributed by atoms with van der Waals surface area (Å²) in [6, 6.07) is 3.28. The van der Waals surface area contributed by atoms with E-state index < -0.39 is 11.7 Å². The maximum Gasteiger partial charge on any atom is 0.412 e. The minimum Gasteiger partial charge on any atom is -0.444 e. The van der Waals surface area contributed by atoms with Crippen molar-refractivity contribution in [3.8, 4) is 0 Å². The first-order valence-corrected chi connectivity index (χ1v) is 6.49. The van der Waals surface area contributed by atoms with Crippen LogP contribution in [0.2, 0.25) is 5.02 Å². The van der Waals surface area contributed by atoms with Crippen LogP contribution in [0.5, 0.6) is 0 Å². The quantitative estimate of drug-likeness (QED) is 0.860. The average molecular weight is 337 g/mol. The molecule has 0 atom stereocenters. The van der Waals surface area contributed by atoms with Crippen LogP contribution in [0, 0.1) is 0 Å². The summed E-state index contributed by atoms with van der Waals surface area (Å²) in [6.07, 6.45) is -0.591. The number of carbonyl (C=O) groups is 1. The zero-order chi connectivity index (χ0) is 13.9. The summed E-state index contributed by atoms with van der Waals surface area (Å²) >= 11 is 9.29. The molecule has 0 heterocycles. The number of aliphatic hydroxyl groups is 1. The predicted octanol–water partition coefficient (Wildman–Crippen LogP) is 3.94. The first-order chi connectivity index (χ1) is 8.23. The molecule has 18 heavy (non-hydrogen) atoms. The summed E-state index contributed by atoms with van der Waals surface area (Å²) in [6.45, 7) is 5.18. The Labute approximate surface area is 119 Å². The molecule has 100 valence electrons. The van der Waals surface area contributed by atoms with Gasteiger partial charge >= 0.3 is 6.09 Å².